The number of ether oxygens (including phenoxy) is 1. The number of hydrogen-bond acceptors (Lipinski definition) is 4. The summed E-state index contributed by atoms with van der Waals surface area (Å²) in [4.78, 5) is 8.72. The van der Waals surface area contributed by atoms with Crippen molar-refractivity contribution in [3.63, 3.8) is 0 Å². The molecule has 0 saturated heterocycles. The average Bonchev–Trinajstić information content (AvgIpc) is 2.42. The van der Waals surface area contributed by atoms with E-state index in [4.69, 9.17) is 4.74 Å². The van der Waals surface area contributed by atoms with E-state index in [-0.39, 0.29) is 0 Å². The van der Waals surface area contributed by atoms with Crippen molar-refractivity contribution in [2.24, 2.45) is 0 Å². The molecule has 0 bridgehead atoms. The van der Waals surface area contributed by atoms with Gasteiger partial charge in [0.15, 0.2) is 0 Å². The summed E-state index contributed by atoms with van der Waals surface area (Å²) in [6.45, 7) is 4.63. The number of halogens is 1. The van der Waals surface area contributed by atoms with E-state index in [0.29, 0.717) is 0 Å². The van der Waals surface area contributed by atoms with Crippen molar-refractivity contribution in [3.8, 4) is 0 Å². The van der Waals surface area contributed by atoms with Gasteiger partial charge in [-0.15, -0.1) is 0 Å². The number of anilines is 1. The van der Waals surface area contributed by atoms with Crippen molar-refractivity contribution in [2.45, 2.75) is 19.8 Å². The van der Waals surface area contributed by atoms with Gasteiger partial charge >= 0.3 is 0 Å². The SMILES string of the molecule is CCCOCCCNc1ccnc2cc(Br)cnc12. The third-order valence-electron chi connectivity index (χ3n) is 2.67. The highest BCUT2D eigenvalue weighted by molar-refractivity contribution is 9.10. The molecule has 0 unspecified atom stereocenters. The number of nitrogens with one attached hydrogen (secondary N) is 1. The summed E-state index contributed by atoms with van der Waals surface area (Å²) in [5, 5.41) is 3.39. The second-order valence-electron chi connectivity index (χ2n) is 4.27. The molecule has 0 fully saturated rings. The lowest BCUT2D eigenvalue weighted by atomic mass is 10.3. The van der Waals surface area contributed by atoms with Gasteiger partial charge in [-0.1, -0.05) is 6.92 Å². The summed E-state index contributed by atoms with van der Waals surface area (Å²) in [5.74, 6) is 0. The Morgan fingerprint density at radius 3 is 3.05 bits per heavy atom. The van der Waals surface area contributed by atoms with Crippen LogP contribution in [0.15, 0.2) is 29.0 Å². The molecule has 0 spiro atoms. The summed E-state index contributed by atoms with van der Waals surface area (Å²) in [6, 6.07) is 3.92. The summed E-state index contributed by atoms with van der Waals surface area (Å²) in [6.07, 6.45) is 5.65. The van der Waals surface area contributed by atoms with E-state index in [2.05, 4.69) is 38.1 Å². The average molecular weight is 324 g/mol. The Bertz CT molecular complexity index is 533. The molecule has 0 radical (unpaired) electrons. The van der Waals surface area contributed by atoms with Gasteiger partial charge in [0.1, 0.15) is 5.52 Å². The fourth-order valence-corrected chi connectivity index (χ4v) is 2.11. The van der Waals surface area contributed by atoms with Crippen molar-refractivity contribution < 1.29 is 4.74 Å². The first-order chi connectivity index (χ1) is 9.31. The molecule has 0 atom stereocenters. The maximum atomic E-state index is 5.45. The van der Waals surface area contributed by atoms with Crippen LogP contribution < -0.4 is 5.32 Å². The van der Waals surface area contributed by atoms with E-state index in [0.717, 1.165) is 53.8 Å². The molecule has 0 saturated carbocycles. The summed E-state index contributed by atoms with van der Waals surface area (Å²) < 4.78 is 6.39. The molecular formula is C14H18BrN3O. The summed E-state index contributed by atoms with van der Waals surface area (Å²) in [7, 11) is 0. The van der Waals surface area contributed by atoms with E-state index < -0.39 is 0 Å². The molecular weight excluding hydrogens is 306 g/mol. The van der Waals surface area contributed by atoms with Crippen LogP contribution in [0.2, 0.25) is 0 Å². The van der Waals surface area contributed by atoms with Crippen LogP contribution in [-0.2, 0) is 4.74 Å². The van der Waals surface area contributed by atoms with Crippen molar-refractivity contribution in [1.29, 1.82) is 0 Å². The monoisotopic (exact) mass is 323 g/mol. The Morgan fingerprint density at radius 2 is 2.21 bits per heavy atom. The van der Waals surface area contributed by atoms with Gasteiger partial charge in [0, 0.05) is 36.6 Å². The Labute approximate surface area is 121 Å². The molecule has 19 heavy (non-hydrogen) atoms. The van der Waals surface area contributed by atoms with Crippen molar-refractivity contribution in [1.82, 2.24) is 9.97 Å². The van der Waals surface area contributed by atoms with Gasteiger partial charge in [-0.3, -0.25) is 9.97 Å². The number of aromatic nitrogens is 2. The van der Waals surface area contributed by atoms with Gasteiger partial charge in [-0.25, -0.2) is 0 Å². The van der Waals surface area contributed by atoms with Crippen LogP contribution >= 0.6 is 15.9 Å². The normalized spacial score (nSPS) is 10.8. The Kier molecular flexibility index (Phi) is 5.54. The zero-order chi connectivity index (χ0) is 13.5. The van der Waals surface area contributed by atoms with Crippen LogP contribution in [0.1, 0.15) is 19.8 Å². The zero-order valence-corrected chi connectivity index (χ0v) is 12.6. The third kappa shape index (κ3) is 4.14. The van der Waals surface area contributed by atoms with E-state index in [1.807, 2.05) is 12.1 Å². The summed E-state index contributed by atoms with van der Waals surface area (Å²) >= 11 is 3.41. The predicted octanol–water partition coefficient (Wildman–Crippen LogP) is 3.62. The zero-order valence-electron chi connectivity index (χ0n) is 11.0. The lowest BCUT2D eigenvalue weighted by molar-refractivity contribution is 0.134. The van der Waals surface area contributed by atoms with Crippen LogP contribution in [0.25, 0.3) is 11.0 Å². The van der Waals surface area contributed by atoms with Crippen LogP contribution in [0, 0.1) is 0 Å². The Balaban J connectivity index is 1.93. The van der Waals surface area contributed by atoms with Gasteiger partial charge in [0.25, 0.3) is 0 Å². The molecule has 4 nitrogen and oxygen atoms in total. The Morgan fingerprint density at radius 1 is 1.32 bits per heavy atom. The van der Waals surface area contributed by atoms with Crippen molar-refractivity contribution in [3.05, 3.63) is 29.0 Å². The minimum atomic E-state index is 0.794. The molecule has 0 aromatic carbocycles. The van der Waals surface area contributed by atoms with E-state index in [1.54, 1.807) is 12.4 Å². The molecule has 2 aromatic heterocycles. The highest BCUT2D eigenvalue weighted by Gasteiger charge is 2.03. The molecule has 102 valence electrons. The van der Waals surface area contributed by atoms with Gasteiger partial charge in [-0.2, -0.15) is 0 Å². The van der Waals surface area contributed by atoms with Crippen molar-refractivity contribution >= 4 is 32.7 Å². The van der Waals surface area contributed by atoms with Gasteiger partial charge in [0.05, 0.1) is 11.2 Å². The first-order valence-electron chi connectivity index (χ1n) is 6.53. The standard InChI is InChI=1S/C14H18BrN3O/c1-2-7-19-8-3-5-16-12-4-6-17-13-9-11(15)10-18-14(12)13/h4,6,9-10H,2-3,5,7-8H2,1H3,(H,16,17). The second-order valence-corrected chi connectivity index (χ2v) is 5.19. The first kappa shape index (κ1) is 14.2. The Hall–Kier alpha value is -1.20. The highest BCUT2D eigenvalue weighted by atomic mass is 79.9. The first-order valence-corrected chi connectivity index (χ1v) is 7.32. The van der Waals surface area contributed by atoms with Crippen molar-refractivity contribution in [2.75, 3.05) is 25.1 Å². The number of fused-ring (bicyclic) bond motifs is 1. The topological polar surface area (TPSA) is 47.0 Å². The van der Waals surface area contributed by atoms with Crippen LogP contribution in [0.3, 0.4) is 0 Å². The van der Waals surface area contributed by atoms with Gasteiger partial charge in [-0.05, 0) is 40.9 Å². The van der Waals surface area contributed by atoms with Gasteiger partial charge in [0.2, 0.25) is 0 Å². The molecule has 2 aromatic rings. The van der Waals surface area contributed by atoms with Gasteiger partial charge < -0.3 is 10.1 Å². The fraction of sp³-hybridized carbons (Fsp3) is 0.429. The molecule has 0 aliphatic heterocycles. The second kappa shape index (κ2) is 7.40. The molecule has 5 heteroatoms. The largest absolute Gasteiger partial charge is 0.383 e. The molecule has 2 heterocycles. The van der Waals surface area contributed by atoms with E-state index >= 15 is 0 Å². The highest BCUT2D eigenvalue weighted by Crippen LogP contribution is 2.21. The number of rotatable bonds is 7. The van der Waals surface area contributed by atoms with Crippen LogP contribution in [0.5, 0.6) is 0 Å². The van der Waals surface area contributed by atoms with Crippen LogP contribution in [0.4, 0.5) is 5.69 Å². The lowest BCUT2D eigenvalue weighted by Crippen LogP contribution is -2.07. The quantitative estimate of drug-likeness (QED) is 0.790. The lowest BCUT2D eigenvalue weighted by Gasteiger charge is -2.09. The molecule has 0 aliphatic rings. The number of nitrogens with zero attached hydrogens (tertiary/aromatic N) is 2. The fourth-order valence-electron chi connectivity index (χ4n) is 1.79. The smallest absolute Gasteiger partial charge is 0.112 e. The van der Waals surface area contributed by atoms with E-state index in [9.17, 15) is 0 Å². The number of hydrogen-bond donors (Lipinski definition) is 1. The molecule has 0 aliphatic carbocycles. The molecule has 2 rings (SSSR count). The molecule has 0 amide bonds. The minimum absolute atomic E-state index is 0.794. The van der Waals surface area contributed by atoms with Crippen LogP contribution in [-0.4, -0.2) is 29.7 Å². The maximum Gasteiger partial charge on any atom is 0.112 e. The third-order valence-corrected chi connectivity index (χ3v) is 3.11. The predicted molar refractivity (Wildman–Crippen MR) is 81.5 cm³/mol. The number of pyridine rings is 2. The molecule has 1 N–H and O–H groups in total. The maximum absolute atomic E-state index is 5.45. The summed E-state index contributed by atoms with van der Waals surface area (Å²) in [5.41, 5.74) is 2.81. The minimum Gasteiger partial charge on any atom is -0.383 e. The van der Waals surface area contributed by atoms with E-state index in [1.165, 1.54) is 0 Å².